The van der Waals surface area contributed by atoms with Crippen LogP contribution in [0.4, 0.5) is 11.6 Å². The van der Waals surface area contributed by atoms with Crippen LogP contribution in [0.15, 0.2) is 36.7 Å². The number of amides is 1. The van der Waals surface area contributed by atoms with Crippen LogP contribution in [0.2, 0.25) is 5.02 Å². The van der Waals surface area contributed by atoms with Gasteiger partial charge in [0.15, 0.2) is 0 Å². The van der Waals surface area contributed by atoms with Crippen molar-refractivity contribution in [2.45, 2.75) is 13.3 Å². The smallest absolute Gasteiger partial charge is 0.225 e. The second-order valence-corrected chi connectivity index (χ2v) is 6.49. The molecule has 1 amide bonds. The summed E-state index contributed by atoms with van der Waals surface area (Å²) in [5.41, 5.74) is 2.10. The summed E-state index contributed by atoms with van der Waals surface area (Å²) < 4.78 is 0. The van der Waals surface area contributed by atoms with E-state index in [0.29, 0.717) is 26.1 Å². The molecule has 2 heterocycles. The number of carbonyl (C=O) groups is 1. The van der Waals surface area contributed by atoms with Crippen LogP contribution in [0.25, 0.3) is 0 Å². The molecule has 7 heteroatoms. The van der Waals surface area contributed by atoms with Gasteiger partial charge < -0.3 is 15.1 Å². The quantitative estimate of drug-likeness (QED) is 0.889. The Kier molecular flexibility index (Phi) is 5.71. The van der Waals surface area contributed by atoms with Crippen molar-refractivity contribution in [1.29, 1.82) is 0 Å². The monoisotopic (exact) mass is 359 g/mol. The maximum Gasteiger partial charge on any atom is 0.225 e. The summed E-state index contributed by atoms with van der Waals surface area (Å²) in [4.78, 5) is 24.9. The van der Waals surface area contributed by atoms with Crippen LogP contribution in [-0.2, 0) is 4.79 Å². The van der Waals surface area contributed by atoms with Gasteiger partial charge in [-0.3, -0.25) is 4.79 Å². The minimum atomic E-state index is 0.174. The van der Waals surface area contributed by atoms with Gasteiger partial charge in [-0.1, -0.05) is 11.6 Å². The maximum absolute atomic E-state index is 12.4. The summed E-state index contributed by atoms with van der Waals surface area (Å²) in [6.07, 6.45) is 3.96. The predicted molar refractivity (Wildman–Crippen MR) is 100 cm³/mol. The second-order valence-electron chi connectivity index (χ2n) is 6.05. The van der Waals surface area contributed by atoms with E-state index in [9.17, 15) is 4.79 Å². The molecule has 0 aliphatic carbocycles. The first kappa shape index (κ1) is 17.5. The van der Waals surface area contributed by atoms with E-state index in [2.05, 4.69) is 20.2 Å². The fourth-order valence-electron chi connectivity index (χ4n) is 2.90. The predicted octanol–water partition coefficient (Wildman–Crippen LogP) is 2.59. The molecule has 1 fully saturated rings. The van der Waals surface area contributed by atoms with Crippen LogP contribution in [-0.4, -0.2) is 53.5 Å². The fraction of sp³-hybridized carbons (Fsp3) is 0.389. The Hall–Kier alpha value is -2.34. The molecular formula is C18H22ClN5O. The molecule has 3 rings (SSSR count). The molecule has 1 saturated heterocycles. The van der Waals surface area contributed by atoms with Crippen molar-refractivity contribution < 1.29 is 4.79 Å². The van der Waals surface area contributed by atoms with Crippen LogP contribution in [0.1, 0.15) is 12.0 Å². The molecule has 1 aliphatic heterocycles. The standard InChI is InChI=1S/C18H22ClN5O/c1-14-13-15(19)3-4-16(14)20-8-5-17(25)23-9-11-24(12-10-23)18-21-6-2-7-22-18/h2-4,6-7,13,20H,5,8-12H2,1H3. The summed E-state index contributed by atoms with van der Waals surface area (Å²) >= 11 is 5.96. The molecule has 1 N–H and O–H groups in total. The number of nitrogens with one attached hydrogen (secondary N) is 1. The highest BCUT2D eigenvalue weighted by atomic mass is 35.5. The number of aryl methyl sites for hydroxylation is 1. The Morgan fingerprint density at radius 1 is 1.20 bits per heavy atom. The first-order chi connectivity index (χ1) is 12.1. The van der Waals surface area contributed by atoms with E-state index >= 15 is 0 Å². The molecule has 0 radical (unpaired) electrons. The van der Waals surface area contributed by atoms with E-state index in [1.807, 2.05) is 30.0 Å². The molecule has 0 atom stereocenters. The molecule has 0 spiro atoms. The highest BCUT2D eigenvalue weighted by Gasteiger charge is 2.21. The third-order valence-electron chi connectivity index (χ3n) is 4.31. The van der Waals surface area contributed by atoms with Gasteiger partial charge in [0.1, 0.15) is 0 Å². The summed E-state index contributed by atoms with van der Waals surface area (Å²) in [6, 6.07) is 7.51. The number of nitrogens with zero attached hydrogens (tertiary/aromatic N) is 4. The fourth-order valence-corrected chi connectivity index (χ4v) is 3.12. The zero-order valence-electron chi connectivity index (χ0n) is 14.3. The van der Waals surface area contributed by atoms with E-state index in [1.165, 1.54) is 0 Å². The summed E-state index contributed by atoms with van der Waals surface area (Å²) in [7, 11) is 0. The number of aromatic nitrogens is 2. The van der Waals surface area contributed by atoms with E-state index in [-0.39, 0.29) is 5.91 Å². The Bertz CT molecular complexity index is 717. The molecule has 0 bridgehead atoms. The molecule has 25 heavy (non-hydrogen) atoms. The van der Waals surface area contributed by atoms with Crippen LogP contribution in [0.3, 0.4) is 0 Å². The van der Waals surface area contributed by atoms with E-state index in [1.54, 1.807) is 18.5 Å². The van der Waals surface area contributed by atoms with Crippen molar-refractivity contribution in [2.24, 2.45) is 0 Å². The lowest BCUT2D eigenvalue weighted by atomic mass is 10.2. The van der Waals surface area contributed by atoms with Crippen LogP contribution >= 0.6 is 11.6 Å². The van der Waals surface area contributed by atoms with Gasteiger partial charge in [0.05, 0.1) is 0 Å². The maximum atomic E-state index is 12.4. The lowest BCUT2D eigenvalue weighted by Crippen LogP contribution is -2.49. The van der Waals surface area contributed by atoms with Crippen molar-refractivity contribution in [3.63, 3.8) is 0 Å². The molecule has 1 aromatic heterocycles. The minimum Gasteiger partial charge on any atom is -0.384 e. The highest BCUT2D eigenvalue weighted by Crippen LogP contribution is 2.19. The molecule has 0 saturated carbocycles. The van der Waals surface area contributed by atoms with Gasteiger partial charge in [0.25, 0.3) is 0 Å². The molecule has 0 unspecified atom stereocenters. The van der Waals surface area contributed by atoms with Crippen molar-refractivity contribution in [2.75, 3.05) is 42.9 Å². The van der Waals surface area contributed by atoms with Crippen LogP contribution in [0.5, 0.6) is 0 Å². The van der Waals surface area contributed by atoms with Gasteiger partial charge in [-0.15, -0.1) is 0 Å². The molecule has 2 aromatic rings. The van der Waals surface area contributed by atoms with Gasteiger partial charge in [0, 0.05) is 62.2 Å². The number of halogens is 1. The minimum absolute atomic E-state index is 0.174. The molecule has 1 aromatic carbocycles. The van der Waals surface area contributed by atoms with Gasteiger partial charge in [0.2, 0.25) is 11.9 Å². The van der Waals surface area contributed by atoms with Crippen molar-refractivity contribution in [3.8, 4) is 0 Å². The number of piperazine rings is 1. The number of rotatable bonds is 5. The topological polar surface area (TPSA) is 61.4 Å². The zero-order chi connectivity index (χ0) is 17.6. The van der Waals surface area contributed by atoms with E-state index in [4.69, 9.17) is 11.6 Å². The number of hydrogen-bond donors (Lipinski definition) is 1. The highest BCUT2D eigenvalue weighted by molar-refractivity contribution is 6.30. The third-order valence-corrected chi connectivity index (χ3v) is 4.55. The van der Waals surface area contributed by atoms with Gasteiger partial charge in [-0.05, 0) is 36.8 Å². The molecule has 6 nitrogen and oxygen atoms in total. The Morgan fingerprint density at radius 3 is 2.60 bits per heavy atom. The number of benzene rings is 1. The molecule has 1 aliphatic rings. The average Bonchev–Trinajstić information content (AvgIpc) is 2.64. The van der Waals surface area contributed by atoms with Crippen molar-refractivity contribution in [3.05, 3.63) is 47.2 Å². The first-order valence-electron chi connectivity index (χ1n) is 8.43. The van der Waals surface area contributed by atoms with Crippen molar-refractivity contribution in [1.82, 2.24) is 14.9 Å². The first-order valence-corrected chi connectivity index (χ1v) is 8.81. The van der Waals surface area contributed by atoms with E-state index in [0.717, 1.165) is 35.3 Å². The zero-order valence-corrected chi connectivity index (χ0v) is 15.0. The van der Waals surface area contributed by atoms with Gasteiger partial charge in [-0.25, -0.2) is 9.97 Å². The van der Waals surface area contributed by atoms with Gasteiger partial charge >= 0.3 is 0 Å². The van der Waals surface area contributed by atoms with Crippen LogP contribution in [0, 0.1) is 6.92 Å². The normalized spacial score (nSPS) is 14.5. The number of hydrogen-bond acceptors (Lipinski definition) is 5. The van der Waals surface area contributed by atoms with Gasteiger partial charge in [-0.2, -0.15) is 0 Å². The SMILES string of the molecule is Cc1cc(Cl)ccc1NCCC(=O)N1CCN(c2ncccn2)CC1. The average molecular weight is 360 g/mol. The largest absolute Gasteiger partial charge is 0.384 e. The third kappa shape index (κ3) is 4.60. The molecular weight excluding hydrogens is 338 g/mol. The van der Waals surface area contributed by atoms with E-state index < -0.39 is 0 Å². The van der Waals surface area contributed by atoms with Crippen molar-refractivity contribution >= 4 is 29.1 Å². The summed E-state index contributed by atoms with van der Waals surface area (Å²) in [5, 5.41) is 4.03. The van der Waals surface area contributed by atoms with Crippen LogP contribution < -0.4 is 10.2 Å². The summed E-state index contributed by atoms with van der Waals surface area (Å²) in [5.74, 6) is 0.905. The Balaban J connectivity index is 1.43. The summed E-state index contributed by atoms with van der Waals surface area (Å²) in [6.45, 7) is 5.55. The number of carbonyl (C=O) groups excluding carboxylic acids is 1. The lowest BCUT2D eigenvalue weighted by molar-refractivity contribution is -0.131. The second kappa shape index (κ2) is 8.16. The lowest BCUT2D eigenvalue weighted by Gasteiger charge is -2.34. The Labute approximate surface area is 152 Å². The Morgan fingerprint density at radius 2 is 1.92 bits per heavy atom. The number of anilines is 2. The molecule has 132 valence electrons.